The maximum absolute atomic E-state index is 14.1. The fourth-order valence-corrected chi connectivity index (χ4v) is 41.4. The number of rotatable bonds is 52. The van der Waals surface area contributed by atoms with Crippen LogP contribution >= 0.6 is 0 Å². The molecule has 0 aliphatic rings. The van der Waals surface area contributed by atoms with E-state index in [0.29, 0.717) is 35.8 Å². The lowest BCUT2D eigenvalue weighted by molar-refractivity contribution is 0.0725. The molecule has 6 aromatic carbocycles. The van der Waals surface area contributed by atoms with E-state index >= 15 is 0 Å². The molecule has 0 bridgehead atoms. The Kier molecular flexibility index (Phi) is 37.7. The molecule has 6 rings (SSSR count). The third kappa shape index (κ3) is 34.7. The van der Waals surface area contributed by atoms with Crippen molar-refractivity contribution < 1.29 is 38.0 Å². The highest BCUT2D eigenvalue weighted by molar-refractivity contribution is 6.95. The predicted octanol–water partition coefficient (Wildman–Crippen LogP) is 28.3. The minimum absolute atomic E-state index is 0.0641. The minimum Gasteiger partial charge on any atom is -0.494 e. The molecule has 14 heteroatoms. The van der Waals surface area contributed by atoms with Crippen LogP contribution in [0.1, 0.15) is 228 Å². The minimum atomic E-state index is -1.02. The summed E-state index contributed by atoms with van der Waals surface area (Å²) in [7, 11) is -3.95. The van der Waals surface area contributed by atoms with Crippen molar-refractivity contribution in [2.75, 3.05) is 13.2 Å². The third-order valence-electron chi connectivity index (χ3n) is 19.3. The lowest BCUT2D eigenvalue weighted by atomic mass is 10.0. The molecule has 0 amide bonds. The zero-order chi connectivity index (χ0) is 73.6. The molecule has 2 atom stereocenters. The van der Waals surface area contributed by atoms with Gasteiger partial charge in [0, 0.05) is 44.4 Å². The Morgan fingerprint density at radius 3 is 0.941 bits per heavy atom. The first kappa shape index (κ1) is 84.9. The van der Waals surface area contributed by atoms with E-state index in [-0.39, 0.29) is 35.1 Å². The Labute approximate surface area is 623 Å². The van der Waals surface area contributed by atoms with Crippen molar-refractivity contribution in [1.29, 1.82) is 0 Å². The number of unbranched alkanes of at least 4 members (excludes halogenated alkanes) is 22. The van der Waals surface area contributed by atoms with E-state index in [9.17, 15) is 9.59 Å². The van der Waals surface area contributed by atoms with Crippen LogP contribution in [0.2, 0.25) is 88.9 Å². The van der Waals surface area contributed by atoms with Crippen LogP contribution in [0.15, 0.2) is 144 Å². The van der Waals surface area contributed by atoms with Gasteiger partial charge in [-0.15, -0.1) is 10.2 Å². The molecular formula is C88H134N2O8Si4. The van der Waals surface area contributed by atoms with E-state index in [1.54, 1.807) is 72.0 Å². The van der Waals surface area contributed by atoms with Crippen molar-refractivity contribution in [1.82, 2.24) is 0 Å². The molecule has 0 saturated heterocycles. The molecule has 102 heavy (non-hydrogen) atoms. The highest BCUT2D eigenvalue weighted by Gasteiger charge is 2.29. The first-order valence-electron chi connectivity index (χ1n) is 40.0. The van der Waals surface area contributed by atoms with Gasteiger partial charge in [0.1, 0.15) is 34.4 Å². The normalized spacial score (nSPS) is 12.7. The first-order valence-corrected chi connectivity index (χ1v) is 54.2. The molecule has 6 aromatic rings. The second-order valence-corrected chi connectivity index (χ2v) is 56.1. The molecule has 0 fully saturated rings. The zero-order valence-electron chi connectivity index (χ0n) is 66.1. The van der Waals surface area contributed by atoms with Crippen LogP contribution in [-0.4, -0.2) is 69.7 Å². The van der Waals surface area contributed by atoms with Crippen molar-refractivity contribution in [3.63, 3.8) is 0 Å². The number of azo groups is 1. The van der Waals surface area contributed by atoms with Crippen LogP contribution in [0, 0.1) is 0 Å². The van der Waals surface area contributed by atoms with Gasteiger partial charge in [-0.1, -0.05) is 293 Å². The number of hydrogen-bond acceptors (Lipinski definition) is 10. The Bertz CT molecular complexity index is 3140. The predicted molar refractivity (Wildman–Crippen MR) is 443 cm³/mol. The summed E-state index contributed by atoms with van der Waals surface area (Å²) in [5, 5.41) is 9.48. The van der Waals surface area contributed by atoms with Crippen LogP contribution < -0.4 is 28.4 Å². The third-order valence-corrected chi connectivity index (χ3v) is 38.9. The summed E-state index contributed by atoms with van der Waals surface area (Å²) in [6.07, 6.45) is 34.3. The Morgan fingerprint density at radius 2 is 0.627 bits per heavy atom. The van der Waals surface area contributed by atoms with Gasteiger partial charge >= 0.3 is 11.9 Å². The van der Waals surface area contributed by atoms with Crippen LogP contribution in [0.3, 0.4) is 0 Å². The van der Waals surface area contributed by atoms with Gasteiger partial charge in [0.05, 0.1) is 36.5 Å². The highest BCUT2D eigenvalue weighted by Crippen LogP contribution is 2.39. The van der Waals surface area contributed by atoms with Gasteiger partial charge in [0.25, 0.3) is 0 Å². The monoisotopic (exact) mass is 1460 g/mol. The molecule has 0 N–H and O–H groups in total. The molecule has 560 valence electrons. The number of benzene rings is 6. The van der Waals surface area contributed by atoms with E-state index < -0.39 is 44.2 Å². The van der Waals surface area contributed by atoms with Gasteiger partial charge in [-0.25, -0.2) is 9.59 Å². The zero-order valence-corrected chi connectivity index (χ0v) is 70.1. The van der Waals surface area contributed by atoms with Crippen molar-refractivity contribution in [3.05, 3.63) is 145 Å². The number of nitrogens with zero attached hydrogens (tertiary/aromatic N) is 2. The maximum Gasteiger partial charge on any atom is 0.343 e. The molecule has 0 heterocycles. The quantitative estimate of drug-likeness (QED) is 0.0122. The molecular weight excluding hydrogens is 1330 g/mol. The van der Waals surface area contributed by atoms with Gasteiger partial charge in [0.15, 0.2) is 11.5 Å². The van der Waals surface area contributed by atoms with Crippen LogP contribution in [0.4, 0.5) is 11.4 Å². The summed E-state index contributed by atoms with van der Waals surface area (Å²) in [4.78, 5) is 28.1. The molecule has 10 nitrogen and oxygen atoms in total. The average molecular weight is 1460 g/mol. The summed E-state index contributed by atoms with van der Waals surface area (Å²) in [5.41, 5.74) is 8.36. The Balaban J connectivity index is 1.05. The summed E-state index contributed by atoms with van der Waals surface area (Å²) in [5.74, 6) is 2.12. The van der Waals surface area contributed by atoms with Gasteiger partial charge in [-0.3, -0.25) is 0 Å². The fourth-order valence-electron chi connectivity index (χ4n) is 14.6. The summed E-state index contributed by atoms with van der Waals surface area (Å²) in [6, 6.07) is 44.6. The second kappa shape index (κ2) is 45.3. The first-order chi connectivity index (χ1) is 48.9. The van der Waals surface area contributed by atoms with Crippen molar-refractivity contribution in [2.24, 2.45) is 10.2 Å². The SMILES string of the molecule is CCCCCC[C@H](C)Oc1ccc(OC(=O)c2ccc(-c3ccc(OCCCCCCCCCCC[Si](C)(C)C[Si](C)(C)C)cc3)cc2)c(N=Nc2cc(O[C@@H](C)CCCCCC)ccc2OC(=O)c2ccc(-c3ccc(OCCCCCCCCCCC[Si](C)(C)C[Si](C)(C)C)cc3)cc2)c1. The number of carbonyl (C=O) groups is 2. The second-order valence-electron chi connectivity index (χ2n) is 33.4. The smallest absolute Gasteiger partial charge is 0.343 e. The molecule has 0 radical (unpaired) electrons. The summed E-state index contributed by atoms with van der Waals surface area (Å²) in [6.45, 7) is 35.6. The van der Waals surface area contributed by atoms with Crippen molar-refractivity contribution in [2.45, 2.75) is 309 Å². The number of esters is 2. The lowest BCUT2D eigenvalue weighted by Crippen LogP contribution is -2.37. The number of hydrogen-bond donors (Lipinski definition) is 0. The number of ether oxygens (including phenoxy) is 6. The lowest BCUT2D eigenvalue weighted by Gasteiger charge is -2.29. The van der Waals surface area contributed by atoms with Gasteiger partial charge < -0.3 is 28.4 Å². The van der Waals surface area contributed by atoms with Crippen LogP contribution in [0.5, 0.6) is 34.5 Å². The Morgan fingerprint density at radius 1 is 0.343 bits per heavy atom. The van der Waals surface area contributed by atoms with E-state index in [0.717, 1.165) is 98.0 Å². The highest BCUT2D eigenvalue weighted by atomic mass is 28.4. The van der Waals surface area contributed by atoms with E-state index in [1.165, 1.54) is 128 Å². The molecule has 0 aromatic heterocycles. The Hall–Kier alpha value is -6.07. The molecule has 0 aliphatic heterocycles. The summed E-state index contributed by atoms with van der Waals surface area (Å²) >= 11 is 0. The molecule has 0 saturated carbocycles. The topological polar surface area (TPSA) is 114 Å². The maximum atomic E-state index is 14.1. The molecule has 0 spiro atoms. The largest absolute Gasteiger partial charge is 0.494 e. The average Bonchev–Trinajstić information content (AvgIpc) is 0.830. The summed E-state index contributed by atoms with van der Waals surface area (Å²) < 4.78 is 37.5. The van der Waals surface area contributed by atoms with Crippen molar-refractivity contribution in [3.8, 4) is 56.8 Å². The van der Waals surface area contributed by atoms with Crippen LogP contribution in [0.25, 0.3) is 22.3 Å². The number of carbonyl (C=O) groups excluding carboxylic acids is 2. The standard InChI is InChI=1S/C88H134N2O8Si4/c1-15-17-19-35-41-71(3)95-81-59-61-85(97-87(91)77-47-43-73(44-48-77)75-51-55-79(56-52-75)93-63-37-31-27-23-21-25-29-33-39-65-101(11,12)69-99(5,6)7)83(67-81)89-90-84-68-82(96-72(4)42-36-20-18-16-2)60-62-86(84)98-88(92)78-49-45-74(46-50-78)76-53-57-80(58-54-76)94-64-38-32-28-24-22-26-30-34-40-66-102(13,14)70-100(8,9)10/h43-62,67-68,71-72H,15-42,63-66,69-70H2,1-14H3/t71-,72-/m0/s1. The van der Waals surface area contributed by atoms with Crippen LogP contribution in [-0.2, 0) is 0 Å². The van der Waals surface area contributed by atoms with Gasteiger partial charge in [-0.2, -0.15) is 0 Å². The van der Waals surface area contributed by atoms with Crippen molar-refractivity contribution >= 4 is 55.6 Å². The van der Waals surface area contributed by atoms with E-state index in [1.807, 2.05) is 48.5 Å². The van der Waals surface area contributed by atoms with E-state index in [2.05, 4.69) is 117 Å². The fraction of sp³-hybridized carbons (Fsp3) is 0.568. The molecule has 0 aliphatic carbocycles. The molecule has 0 unspecified atom stereocenters. The van der Waals surface area contributed by atoms with Gasteiger partial charge in [0.2, 0.25) is 0 Å². The van der Waals surface area contributed by atoms with Gasteiger partial charge in [-0.05, 0) is 147 Å². The van der Waals surface area contributed by atoms with E-state index in [4.69, 9.17) is 38.6 Å².